The lowest BCUT2D eigenvalue weighted by Crippen LogP contribution is -2.59. The number of benzene rings is 1. The highest BCUT2D eigenvalue weighted by Crippen LogP contribution is 2.59. The van der Waals surface area contributed by atoms with Gasteiger partial charge in [0.1, 0.15) is 48.8 Å². The molecule has 7 rings (SSSR count). The largest absolute Gasteiger partial charge is 0.456 e. The van der Waals surface area contributed by atoms with E-state index in [4.69, 9.17) is 23.7 Å². The van der Waals surface area contributed by atoms with Gasteiger partial charge < -0.3 is 59.4 Å². The first kappa shape index (κ1) is 37.1. The van der Waals surface area contributed by atoms with Crippen LogP contribution >= 0.6 is 0 Å². The lowest BCUT2D eigenvalue weighted by molar-refractivity contribution is -0.298. The highest BCUT2D eigenvalue weighted by Gasteiger charge is 2.64. The summed E-state index contributed by atoms with van der Waals surface area (Å²) in [4.78, 5) is 42.1. The first-order chi connectivity index (χ1) is 25.1. The minimum absolute atomic E-state index is 0.0479. The Morgan fingerprint density at radius 3 is 2.48 bits per heavy atom. The number of ether oxygens (including phenoxy) is 5. The van der Waals surface area contributed by atoms with E-state index in [1.54, 1.807) is 47.4 Å². The number of amides is 2. The average Bonchev–Trinajstić information content (AvgIpc) is 4.10. The highest BCUT2D eigenvalue weighted by atomic mass is 16.8. The number of likely N-dealkylation sites (tertiary alicyclic amines) is 1. The van der Waals surface area contributed by atoms with Gasteiger partial charge in [0.15, 0.2) is 12.1 Å². The lowest BCUT2D eigenvalue weighted by atomic mass is 9.91. The Bertz CT molecular complexity index is 1530. The second-order valence-corrected chi connectivity index (χ2v) is 14.5. The van der Waals surface area contributed by atoms with Crippen molar-refractivity contribution in [3.63, 3.8) is 0 Å². The molecule has 6 aliphatic rings. The van der Waals surface area contributed by atoms with Crippen LogP contribution < -0.4 is 5.32 Å². The van der Waals surface area contributed by atoms with Gasteiger partial charge in [-0.05, 0) is 62.3 Å². The maximum Gasteiger partial charge on any atom is 0.338 e. The number of nitrogens with zero attached hydrogens (tertiary/aromatic N) is 1. The molecular weight excluding hydrogens is 680 g/mol. The Balaban J connectivity index is 1.04. The second-order valence-electron chi connectivity index (χ2n) is 14.5. The molecule has 0 bridgehead atoms. The maximum absolute atomic E-state index is 14.0. The van der Waals surface area contributed by atoms with Crippen LogP contribution in [-0.4, -0.2) is 142 Å². The third kappa shape index (κ3) is 7.56. The molecule has 3 aliphatic heterocycles. The summed E-state index contributed by atoms with van der Waals surface area (Å²) in [6, 6.07) is 6.07. The third-order valence-corrected chi connectivity index (χ3v) is 10.8. The van der Waals surface area contributed by atoms with Crippen LogP contribution in [-0.2, 0) is 33.3 Å². The Hall–Kier alpha value is -3.25. The molecule has 1 aromatic rings. The van der Waals surface area contributed by atoms with E-state index in [0.29, 0.717) is 30.5 Å². The highest BCUT2D eigenvalue weighted by molar-refractivity contribution is 5.98. The topological polar surface area (TPSA) is 214 Å². The number of carbonyl (C=O) groups is 3. The zero-order chi connectivity index (χ0) is 36.6. The van der Waals surface area contributed by atoms with Crippen LogP contribution in [0.2, 0.25) is 0 Å². The summed E-state index contributed by atoms with van der Waals surface area (Å²) in [6.45, 7) is -0.304. The van der Waals surface area contributed by atoms with Gasteiger partial charge in [-0.3, -0.25) is 9.59 Å². The number of rotatable bonds is 13. The summed E-state index contributed by atoms with van der Waals surface area (Å²) in [5, 5.41) is 51.4. The van der Waals surface area contributed by atoms with Crippen LogP contribution in [0.5, 0.6) is 0 Å². The molecule has 1 aromatic carbocycles. The monoisotopic (exact) mass is 728 g/mol. The van der Waals surface area contributed by atoms with Crippen LogP contribution in [0.4, 0.5) is 0 Å². The van der Waals surface area contributed by atoms with Crippen molar-refractivity contribution in [3.8, 4) is 0 Å². The minimum Gasteiger partial charge on any atom is -0.456 e. The summed E-state index contributed by atoms with van der Waals surface area (Å²) in [5.74, 6) is -1.49. The summed E-state index contributed by atoms with van der Waals surface area (Å²) >= 11 is 0. The Morgan fingerprint density at radius 2 is 1.77 bits per heavy atom. The van der Waals surface area contributed by atoms with E-state index in [1.807, 2.05) is 0 Å². The Labute approximate surface area is 301 Å². The van der Waals surface area contributed by atoms with Crippen molar-refractivity contribution < 1.29 is 63.6 Å². The second kappa shape index (κ2) is 15.6. The van der Waals surface area contributed by atoms with E-state index in [1.165, 1.54) is 0 Å². The van der Waals surface area contributed by atoms with Gasteiger partial charge in [-0.15, -0.1) is 0 Å². The number of carbonyl (C=O) groups excluding carboxylic acids is 3. The van der Waals surface area contributed by atoms with Crippen LogP contribution in [0, 0.1) is 11.8 Å². The molecule has 5 fully saturated rings. The zero-order valence-electron chi connectivity index (χ0n) is 28.8. The number of hydrogen-bond acceptors (Lipinski definition) is 13. The molecule has 3 saturated heterocycles. The van der Waals surface area contributed by atoms with Crippen molar-refractivity contribution in [2.75, 3.05) is 32.9 Å². The standard InChI is InChI=1S/C37H48N2O13/c40-14-12-38-33(45)25-7-2-13-39(25)34(46)22-17-26(32-27(18-22)51-37(52-32,23-8-9-23)24-10-11-24)49-35(47)21-6-1-4-20(16-21)5-3-15-48-36-31(44)30(43)29(42)28(19-41)50-36/h1,3-6,16,18,23-32,36,40-44H,2,7-15,17,19H2,(H,38,45). The zero-order valence-corrected chi connectivity index (χ0v) is 28.8. The molecule has 6 N–H and O–H groups in total. The summed E-state index contributed by atoms with van der Waals surface area (Å²) in [5.41, 5.74) is 1.32. The van der Waals surface area contributed by atoms with Crippen molar-refractivity contribution in [1.82, 2.24) is 10.2 Å². The maximum atomic E-state index is 14.0. The molecular formula is C37H48N2O13. The number of nitrogens with one attached hydrogen (secondary N) is 1. The fourth-order valence-electron chi connectivity index (χ4n) is 7.84. The van der Waals surface area contributed by atoms with Crippen LogP contribution in [0.1, 0.15) is 60.9 Å². The van der Waals surface area contributed by atoms with Gasteiger partial charge in [-0.2, -0.15) is 0 Å². The van der Waals surface area contributed by atoms with Crippen LogP contribution in [0.25, 0.3) is 6.08 Å². The van der Waals surface area contributed by atoms with Gasteiger partial charge in [0.25, 0.3) is 0 Å². The summed E-state index contributed by atoms with van der Waals surface area (Å²) < 4.78 is 30.4. The molecule has 2 saturated carbocycles. The van der Waals surface area contributed by atoms with Gasteiger partial charge in [0, 0.05) is 36.9 Å². The smallest absolute Gasteiger partial charge is 0.338 e. The van der Waals surface area contributed by atoms with Crippen molar-refractivity contribution in [2.45, 2.75) is 106 Å². The van der Waals surface area contributed by atoms with Crippen molar-refractivity contribution >= 4 is 23.9 Å². The number of aliphatic hydroxyl groups is 5. The van der Waals surface area contributed by atoms with Crippen LogP contribution in [0.3, 0.4) is 0 Å². The quantitative estimate of drug-likeness (QED) is 0.145. The molecule has 0 aromatic heterocycles. The average molecular weight is 729 g/mol. The molecule has 9 atom stereocenters. The summed E-state index contributed by atoms with van der Waals surface area (Å²) in [7, 11) is 0. The molecule has 0 spiro atoms. The van der Waals surface area contributed by atoms with E-state index >= 15 is 0 Å². The first-order valence-corrected chi connectivity index (χ1v) is 18.3. The van der Waals surface area contributed by atoms with E-state index in [2.05, 4.69) is 5.32 Å². The molecule has 284 valence electrons. The molecule has 15 heteroatoms. The fraction of sp³-hybridized carbons (Fsp3) is 0.649. The predicted octanol–water partition coefficient (Wildman–Crippen LogP) is -0.228. The molecule has 3 aliphatic carbocycles. The molecule has 3 heterocycles. The fourth-order valence-corrected chi connectivity index (χ4v) is 7.84. The SMILES string of the molecule is O=C(OC1CC(C(=O)N2CCCC2C(=O)NCCO)=CC2OC(C3CC3)(C3CC3)OC21)c1cccc(C=CCOC2OC(CO)C(O)C(O)C2O)c1. The van der Waals surface area contributed by atoms with E-state index in [9.17, 15) is 39.9 Å². The minimum atomic E-state index is -1.55. The van der Waals surface area contributed by atoms with E-state index < -0.39 is 73.4 Å². The van der Waals surface area contributed by atoms with Crippen LogP contribution in [0.15, 0.2) is 42.0 Å². The molecule has 2 amide bonds. The number of esters is 1. The number of hydrogen-bond donors (Lipinski definition) is 6. The Morgan fingerprint density at radius 1 is 1.00 bits per heavy atom. The van der Waals surface area contributed by atoms with Crippen molar-refractivity contribution in [1.29, 1.82) is 0 Å². The number of fused-ring (bicyclic) bond motifs is 1. The molecule has 52 heavy (non-hydrogen) atoms. The van der Waals surface area contributed by atoms with Crippen molar-refractivity contribution in [2.24, 2.45) is 11.8 Å². The lowest BCUT2D eigenvalue weighted by Gasteiger charge is -2.39. The predicted molar refractivity (Wildman–Crippen MR) is 180 cm³/mol. The van der Waals surface area contributed by atoms with Gasteiger partial charge >= 0.3 is 5.97 Å². The normalized spacial score (nSPS) is 34.2. The van der Waals surface area contributed by atoms with E-state index in [0.717, 1.165) is 25.7 Å². The van der Waals surface area contributed by atoms with Gasteiger partial charge in [-0.25, -0.2) is 4.79 Å². The first-order valence-electron chi connectivity index (χ1n) is 18.3. The van der Waals surface area contributed by atoms with Gasteiger partial charge in [0.2, 0.25) is 11.8 Å². The molecule has 15 nitrogen and oxygen atoms in total. The molecule has 9 unspecified atom stereocenters. The molecule has 0 radical (unpaired) electrons. The third-order valence-electron chi connectivity index (χ3n) is 10.8. The van der Waals surface area contributed by atoms with E-state index in [-0.39, 0.29) is 55.4 Å². The van der Waals surface area contributed by atoms with Crippen molar-refractivity contribution in [3.05, 3.63) is 53.1 Å². The number of aliphatic hydroxyl groups excluding tert-OH is 5. The summed E-state index contributed by atoms with van der Waals surface area (Å²) in [6.07, 6.45) is 1.39. The van der Waals surface area contributed by atoms with Gasteiger partial charge in [0.05, 0.1) is 25.4 Å². The van der Waals surface area contributed by atoms with Gasteiger partial charge in [-0.1, -0.05) is 24.3 Å². The Kier molecular flexibility index (Phi) is 11.1.